The number of alkyl halides is 3. The Labute approximate surface area is 198 Å². The summed E-state index contributed by atoms with van der Waals surface area (Å²) in [6.45, 7) is 0. The molecule has 0 bridgehead atoms. The lowest BCUT2D eigenvalue weighted by molar-refractivity contribution is -0.140. The van der Waals surface area contributed by atoms with Crippen LogP contribution in [0.2, 0.25) is 5.02 Å². The molecule has 1 saturated carbocycles. The van der Waals surface area contributed by atoms with Crippen molar-refractivity contribution in [2.45, 2.75) is 43.9 Å². The molecule has 34 heavy (non-hydrogen) atoms. The summed E-state index contributed by atoms with van der Waals surface area (Å²) in [6, 6.07) is 10.6. The van der Waals surface area contributed by atoms with Crippen molar-refractivity contribution in [3.63, 3.8) is 0 Å². The normalized spacial score (nSPS) is 19.0. The Bertz CT molecular complexity index is 1370. The van der Waals surface area contributed by atoms with Crippen molar-refractivity contribution in [3.05, 3.63) is 65.1 Å². The first-order valence-corrected chi connectivity index (χ1v) is 11.4. The summed E-state index contributed by atoms with van der Waals surface area (Å²) in [7, 11) is 1.88. The van der Waals surface area contributed by atoms with Gasteiger partial charge in [0.2, 0.25) is 0 Å². The highest BCUT2D eigenvalue weighted by atomic mass is 35.5. The van der Waals surface area contributed by atoms with Crippen LogP contribution in [0.4, 0.5) is 19.0 Å². The molecule has 3 heterocycles. The molecule has 1 amide bonds. The summed E-state index contributed by atoms with van der Waals surface area (Å²) >= 11 is 6.36. The summed E-state index contributed by atoms with van der Waals surface area (Å²) in [4.78, 5) is 16.7. The molecule has 0 atom stereocenters. The number of fused-ring (bicyclic) bond motifs is 2. The third-order valence-electron chi connectivity index (χ3n) is 6.41. The van der Waals surface area contributed by atoms with E-state index in [9.17, 15) is 18.0 Å². The predicted octanol–water partition coefficient (Wildman–Crippen LogP) is 5.65. The number of nitrogens with one attached hydrogen (secondary N) is 2. The highest BCUT2D eigenvalue weighted by molar-refractivity contribution is 6.36. The fourth-order valence-corrected chi connectivity index (χ4v) is 4.96. The van der Waals surface area contributed by atoms with Gasteiger partial charge in [0.15, 0.2) is 5.69 Å². The number of aryl methyl sites for hydroxylation is 1. The molecular weight excluding hydrogens is 467 g/mol. The van der Waals surface area contributed by atoms with E-state index in [4.69, 9.17) is 11.6 Å². The molecule has 4 aromatic rings. The third-order valence-corrected chi connectivity index (χ3v) is 6.72. The van der Waals surface area contributed by atoms with Crippen molar-refractivity contribution in [1.82, 2.24) is 19.3 Å². The van der Waals surface area contributed by atoms with Gasteiger partial charge in [-0.15, -0.1) is 0 Å². The van der Waals surface area contributed by atoms with E-state index in [-0.39, 0.29) is 23.6 Å². The Morgan fingerprint density at radius 3 is 2.50 bits per heavy atom. The molecule has 10 heteroatoms. The number of anilines is 1. The van der Waals surface area contributed by atoms with Gasteiger partial charge in [-0.1, -0.05) is 23.7 Å². The molecule has 178 valence electrons. The van der Waals surface area contributed by atoms with Crippen molar-refractivity contribution in [2.24, 2.45) is 7.05 Å². The first-order chi connectivity index (χ1) is 16.2. The molecule has 1 aliphatic rings. The fraction of sp³-hybridized carbons (Fsp3) is 0.333. The maximum Gasteiger partial charge on any atom is 0.434 e. The second kappa shape index (κ2) is 8.54. The van der Waals surface area contributed by atoms with Gasteiger partial charge >= 0.3 is 6.18 Å². The van der Waals surface area contributed by atoms with Crippen molar-refractivity contribution in [1.29, 1.82) is 0 Å². The number of pyridine rings is 1. The van der Waals surface area contributed by atoms with E-state index in [1.807, 2.05) is 23.7 Å². The van der Waals surface area contributed by atoms with Crippen LogP contribution >= 0.6 is 11.6 Å². The molecule has 1 aliphatic carbocycles. The Balaban J connectivity index is 1.24. The zero-order valence-corrected chi connectivity index (χ0v) is 19.1. The molecule has 1 aromatic carbocycles. The number of carbonyl (C=O) groups excluding carboxylic acids is 1. The molecule has 0 spiro atoms. The van der Waals surface area contributed by atoms with Crippen LogP contribution in [0.1, 0.15) is 41.7 Å². The zero-order chi connectivity index (χ0) is 24.0. The lowest BCUT2D eigenvalue weighted by Gasteiger charge is -2.30. The van der Waals surface area contributed by atoms with Gasteiger partial charge < -0.3 is 15.2 Å². The van der Waals surface area contributed by atoms with Crippen molar-refractivity contribution in [3.8, 4) is 0 Å². The summed E-state index contributed by atoms with van der Waals surface area (Å²) in [5.74, 6) is 0.413. The number of benzene rings is 1. The van der Waals surface area contributed by atoms with Gasteiger partial charge in [0.25, 0.3) is 5.91 Å². The number of rotatable bonds is 4. The van der Waals surface area contributed by atoms with Crippen LogP contribution < -0.4 is 10.6 Å². The van der Waals surface area contributed by atoms with E-state index < -0.39 is 11.9 Å². The number of halogens is 4. The minimum Gasteiger partial charge on any atom is -0.368 e. The quantitative estimate of drug-likeness (QED) is 0.389. The van der Waals surface area contributed by atoms with Gasteiger partial charge in [-0.3, -0.25) is 9.20 Å². The van der Waals surface area contributed by atoms with Gasteiger partial charge in [0, 0.05) is 36.9 Å². The van der Waals surface area contributed by atoms with Gasteiger partial charge in [0.05, 0.1) is 16.1 Å². The van der Waals surface area contributed by atoms with Gasteiger partial charge in [0.1, 0.15) is 11.5 Å². The topological polar surface area (TPSA) is 63.4 Å². The van der Waals surface area contributed by atoms with Crippen LogP contribution in [-0.2, 0) is 13.2 Å². The monoisotopic (exact) mass is 489 g/mol. The molecule has 0 radical (unpaired) electrons. The summed E-state index contributed by atoms with van der Waals surface area (Å²) < 4.78 is 42.5. The molecule has 2 N–H and O–H groups in total. The highest BCUT2D eigenvalue weighted by Crippen LogP contribution is 2.31. The molecule has 0 aliphatic heterocycles. The van der Waals surface area contributed by atoms with E-state index >= 15 is 0 Å². The lowest BCUT2D eigenvalue weighted by atomic mass is 9.91. The summed E-state index contributed by atoms with van der Waals surface area (Å²) in [6.07, 6.45) is 1.38. The maximum absolute atomic E-state index is 13.1. The first-order valence-electron chi connectivity index (χ1n) is 11.1. The van der Waals surface area contributed by atoms with E-state index in [0.717, 1.165) is 42.8 Å². The second-order valence-electron chi connectivity index (χ2n) is 8.72. The molecule has 6 nitrogen and oxygen atoms in total. The fourth-order valence-electron chi connectivity index (χ4n) is 4.69. The molecule has 0 saturated heterocycles. The van der Waals surface area contributed by atoms with Crippen molar-refractivity contribution < 1.29 is 18.0 Å². The lowest BCUT2D eigenvalue weighted by Crippen LogP contribution is -2.40. The third kappa shape index (κ3) is 4.20. The number of aromatic nitrogens is 3. The Morgan fingerprint density at radius 2 is 1.76 bits per heavy atom. The second-order valence-corrected chi connectivity index (χ2v) is 9.12. The molecule has 3 aromatic heterocycles. The van der Waals surface area contributed by atoms with E-state index in [1.54, 1.807) is 30.5 Å². The van der Waals surface area contributed by atoms with Crippen LogP contribution in [0.3, 0.4) is 0 Å². The average molecular weight is 490 g/mol. The predicted molar refractivity (Wildman–Crippen MR) is 125 cm³/mol. The zero-order valence-electron chi connectivity index (χ0n) is 18.4. The van der Waals surface area contributed by atoms with E-state index in [0.29, 0.717) is 16.4 Å². The van der Waals surface area contributed by atoms with E-state index in [1.165, 1.54) is 4.40 Å². The van der Waals surface area contributed by atoms with Crippen LogP contribution in [0.15, 0.2) is 48.8 Å². The number of hydrogen-bond acceptors (Lipinski definition) is 3. The van der Waals surface area contributed by atoms with Gasteiger partial charge in [-0.25, -0.2) is 4.98 Å². The van der Waals surface area contributed by atoms with Crippen LogP contribution in [-0.4, -0.2) is 31.9 Å². The highest BCUT2D eigenvalue weighted by Gasteiger charge is 2.34. The number of hydrogen-bond donors (Lipinski definition) is 2. The van der Waals surface area contributed by atoms with Crippen molar-refractivity contribution in [2.75, 3.05) is 5.32 Å². The number of imidazole rings is 1. The minimum atomic E-state index is -4.49. The summed E-state index contributed by atoms with van der Waals surface area (Å²) in [5.41, 5.74) is 0.775. The standard InChI is InChI=1S/C24H23ClF3N5O/c1-32-12-16(22-17(25)4-2-5-18(22)32)23(34)30-15-10-8-14(9-11-15)29-20-6-3-7-21-31-19(13-33(20)21)24(26,27)28/h2-7,12-15,29H,8-11H2,1H3,(H,30,34)/t14-,15+. The Kier molecular flexibility index (Phi) is 5.67. The SMILES string of the molecule is Cn1cc(C(=O)N[C@H]2CC[C@@H](Nc3cccc4nc(C(F)(F)F)cn34)CC2)c2c(Cl)cccc21. The number of carbonyl (C=O) groups is 1. The molecule has 1 fully saturated rings. The van der Waals surface area contributed by atoms with Crippen LogP contribution in [0, 0.1) is 0 Å². The average Bonchev–Trinajstić information content (AvgIpc) is 3.38. The molecule has 5 rings (SSSR count). The van der Waals surface area contributed by atoms with Gasteiger partial charge in [-0.05, 0) is 49.9 Å². The number of amides is 1. The Morgan fingerprint density at radius 1 is 1.06 bits per heavy atom. The van der Waals surface area contributed by atoms with Crippen LogP contribution in [0.5, 0.6) is 0 Å². The largest absolute Gasteiger partial charge is 0.434 e. The smallest absolute Gasteiger partial charge is 0.368 e. The summed E-state index contributed by atoms with van der Waals surface area (Å²) in [5, 5.41) is 7.76. The minimum absolute atomic E-state index is 0.0177. The number of nitrogens with zero attached hydrogens (tertiary/aromatic N) is 3. The van der Waals surface area contributed by atoms with Gasteiger partial charge in [-0.2, -0.15) is 13.2 Å². The molecule has 0 unspecified atom stereocenters. The molecular formula is C24H23ClF3N5O. The Hall–Kier alpha value is -3.20. The van der Waals surface area contributed by atoms with Crippen molar-refractivity contribution >= 4 is 39.9 Å². The maximum atomic E-state index is 13.1. The van der Waals surface area contributed by atoms with Crippen LogP contribution in [0.25, 0.3) is 16.6 Å². The van der Waals surface area contributed by atoms with E-state index in [2.05, 4.69) is 15.6 Å². The first kappa shape index (κ1) is 22.6.